The molecule has 0 unspecified atom stereocenters. The number of nitrogens with one attached hydrogen (secondary N) is 2. The highest BCUT2D eigenvalue weighted by molar-refractivity contribution is 7.74. The number of hydrogen-bond acceptors (Lipinski definition) is 10. The van der Waals surface area contributed by atoms with Crippen LogP contribution in [0.5, 0.6) is 0 Å². The largest absolute Gasteiger partial charge is 0.394 e. The number of carbonyl (C=O) groups is 2. The van der Waals surface area contributed by atoms with Crippen molar-refractivity contribution >= 4 is 58.3 Å². The number of aromatic nitrogens is 1. The van der Waals surface area contributed by atoms with Gasteiger partial charge < -0.3 is 30.8 Å². The van der Waals surface area contributed by atoms with E-state index in [1.165, 1.54) is 11.3 Å². The van der Waals surface area contributed by atoms with Gasteiger partial charge in [0.1, 0.15) is 10.7 Å². The number of rotatable bonds is 7. The molecule has 0 saturated carbocycles. The third-order valence-corrected chi connectivity index (χ3v) is 8.62. The van der Waals surface area contributed by atoms with Gasteiger partial charge in [-0.1, -0.05) is 31.0 Å². The first-order valence-corrected chi connectivity index (χ1v) is 18.8. The Morgan fingerprint density at radius 1 is 0.968 bits per heavy atom. The van der Waals surface area contributed by atoms with Gasteiger partial charge in [0, 0.05) is 63.4 Å². The van der Waals surface area contributed by atoms with Crippen molar-refractivity contribution in [1.82, 2.24) is 15.2 Å². The van der Waals surface area contributed by atoms with Crippen LogP contribution >= 0.6 is 24.2 Å². The minimum Gasteiger partial charge on any atom is -0.394 e. The lowest BCUT2D eigenvalue weighted by molar-refractivity contribution is -0.744. The molecule has 14 nitrogen and oxygen atoms in total. The highest BCUT2D eigenvalue weighted by Gasteiger charge is 2.26. The number of thiophene rings is 1. The van der Waals surface area contributed by atoms with Crippen molar-refractivity contribution < 1.29 is 34.6 Å². The first-order chi connectivity index (χ1) is 30.1. The number of amides is 2. The fourth-order valence-corrected chi connectivity index (χ4v) is 5.54. The minimum absolute atomic E-state index is 0. The van der Waals surface area contributed by atoms with Gasteiger partial charge >= 0.3 is 0 Å². The number of terminal acetylenes is 1. The summed E-state index contributed by atoms with van der Waals surface area (Å²) in [5.74, 6) is 56.6. The van der Waals surface area contributed by atoms with Crippen LogP contribution in [0.4, 0.5) is 11.5 Å². The van der Waals surface area contributed by atoms with Crippen LogP contribution in [0.2, 0.25) is 0 Å². The molecule has 16 heteroatoms. The number of aryl methyl sites for hydroxylation is 1. The molecule has 2 aromatic heterocycles. The van der Waals surface area contributed by atoms with E-state index in [2.05, 4.69) is 191 Å². The zero-order chi connectivity index (χ0) is 45.2. The summed E-state index contributed by atoms with van der Waals surface area (Å²) in [6.07, 6.45) is 8.26. The Bertz CT molecular complexity index is 2920. The first kappa shape index (κ1) is 49.3. The molecule has 0 aliphatic carbocycles. The Labute approximate surface area is 386 Å². The smallest absolute Gasteiger partial charge is 0.263 e. The quantitative estimate of drug-likeness (QED) is 0.0429. The van der Waals surface area contributed by atoms with Gasteiger partial charge in [0.25, 0.3) is 5.91 Å². The molecule has 0 atom stereocenters. The van der Waals surface area contributed by atoms with Gasteiger partial charge in [-0.25, -0.2) is 4.98 Å². The average Bonchev–Trinajstić information content (AvgIpc) is 3.65. The molecule has 1 aliphatic rings. The number of carbonyl (C=O) groups excluding carboxylic acids is 2. The molecule has 3 aromatic rings. The molecular formula is C46H56N10O4S2. The summed E-state index contributed by atoms with van der Waals surface area (Å²) >= 11 is 4.42. The van der Waals surface area contributed by atoms with Gasteiger partial charge in [-0.3, -0.25) is 15.4 Å². The molecule has 1 fully saturated rings. The summed E-state index contributed by atoms with van der Waals surface area (Å²) in [6.45, 7) is 5.83. The topological polar surface area (TPSA) is 199 Å². The van der Waals surface area contributed by atoms with Crippen molar-refractivity contribution in [2.45, 2.75) is 33.2 Å². The number of benzene rings is 1. The lowest BCUT2D eigenvalue weighted by atomic mass is 9.96. The van der Waals surface area contributed by atoms with Gasteiger partial charge in [-0.2, -0.15) is 0 Å². The molecular weight excluding hydrogens is 821 g/mol. The van der Waals surface area contributed by atoms with Crippen LogP contribution in [0, 0.1) is 149 Å². The van der Waals surface area contributed by atoms with Crippen molar-refractivity contribution in [2.24, 2.45) is 27.4 Å². The molecule has 4 rings (SSSR count). The Kier molecular flexibility index (Phi) is 24.0. The Morgan fingerprint density at radius 3 is 2.03 bits per heavy atom. The summed E-state index contributed by atoms with van der Waals surface area (Å²) in [4.78, 5) is 32.5. The van der Waals surface area contributed by atoms with E-state index in [1.54, 1.807) is 13.1 Å². The van der Waals surface area contributed by atoms with Crippen LogP contribution in [0.3, 0.4) is 0 Å². The number of pyridine rings is 1. The van der Waals surface area contributed by atoms with Gasteiger partial charge in [-0.15, -0.1) is 17.8 Å². The van der Waals surface area contributed by atoms with Crippen LogP contribution in [0.15, 0.2) is 51.5 Å². The molecule has 6 N–H and O–H groups in total. The lowest BCUT2D eigenvalue weighted by Gasteiger charge is -2.28. The van der Waals surface area contributed by atoms with E-state index >= 15 is 0 Å². The number of fused-ring (bicyclic) bond motifs is 1. The summed E-state index contributed by atoms with van der Waals surface area (Å²) < 4.78 is 3.65. The van der Waals surface area contributed by atoms with E-state index in [0.29, 0.717) is 22.9 Å². The van der Waals surface area contributed by atoms with Crippen molar-refractivity contribution in [2.75, 3.05) is 31.2 Å². The Hall–Kier alpha value is -8.86. The number of thiol groups is 1. The second kappa shape index (κ2) is 30.3. The van der Waals surface area contributed by atoms with Gasteiger partial charge in [0.15, 0.2) is 0 Å². The molecule has 1 saturated heterocycles. The molecule has 62 heavy (non-hydrogen) atoms. The molecule has 3 heterocycles. The molecule has 0 spiro atoms. The summed E-state index contributed by atoms with van der Waals surface area (Å²) in [5, 5.41) is 27.3. The van der Waals surface area contributed by atoms with E-state index in [9.17, 15) is 14.8 Å². The predicted molar refractivity (Wildman–Crippen MR) is 266 cm³/mol. The number of nitrogens with zero attached hydrogens (tertiary/aromatic N) is 6. The number of anilines is 2. The van der Waals surface area contributed by atoms with Crippen molar-refractivity contribution in [3.8, 4) is 131 Å². The second-order valence-corrected chi connectivity index (χ2v) is 12.6. The third kappa shape index (κ3) is 20.0. The number of nitrogen functional groups attached to an aromatic ring is 1. The van der Waals surface area contributed by atoms with Crippen molar-refractivity contribution in [3.05, 3.63) is 57.1 Å². The monoisotopic (exact) mass is 876 g/mol. The maximum Gasteiger partial charge on any atom is 0.263 e. The standard InChI is InChI=1S/C23H27N5O2S.C23H4.H3N5O2S.11H2/c1-14-13-31-20(19(14)27-22(29)16-6-9-28(2)10-7-16)23(30)26-12-15-3-4-18-17(11-15)5-8-25-21(18)24;1-3-5-7-9-11-13-15-17-19-21-23-22-20-18-16-14-12-10-8-6-4-2;1-2-3-4-5(6)7-8;;;;;;;;;;;/h3-5,8,11,13,16H,6-7,9-10,12H2,1-2H3,(H2,24,25)(H,26,30)(H,27,29);1H,2H3;8H,(H2,1,3);11*1H. The van der Waals surface area contributed by atoms with Crippen LogP contribution < -0.4 is 22.2 Å². The second-order valence-electron chi connectivity index (χ2n) is 11.5. The Balaban J connectivity index is -0.000000107. The normalized spacial score (nSPS) is 10.6. The van der Waals surface area contributed by atoms with Crippen molar-refractivity contribution in [3.63, 3.8) is 0 Å². The highest BCUT2D eigenvalue weighted by atomic mass is 32.1. The van der Waals surface area contributed by atoms with Gasteiger partial charge in [-0.05, 0) is 176 Å². The van der Waals surface area contributed by atoms with E-state index in [-0.39, 0.29) is 38.4 Å². The first-order valence-electron chi connectivity index (χ1n) is 17.6. The molecule has 1 aromatic carbocycles. The summed E-state index contributed by atoms with van der Waals surface area (Å²) in [6, 6.07) is 7.75. The number of hydrogen-bond donors (Lipinski definition) is 5. The Morgan fingerprint density at radius 2 is 1.52 bits per heavy atom. The zero-order valence-corrected chi connectivity index (χ0v) is 35.2. The zero-order valence-electron chi connectivity index (χ0n) is 33.5. The van der Waals surface area contributed by atoms with Gasteiger partial charge in [0.05, 0.1) is 15.9 Å². The number of likely N-dealkylation sites (tertiary alicyclic amines) is 1. The number of nitrogens with two attached hydrogens (primary N) is 2. The molecule has 0 bridgehead atoms. The third-order valence-electron chi connectivity index (χ3n) is 7.39. The van der Waals surface area contributed by atoms with E-state index in [0.717, 1.165) is 47.8 Å². The fourth-order valence-electron chi connectivity index (χ4n) is 4.59. The molecule has 1 aliphatic heterocycles. The van der Waals surface area contributed by atoms with Crippen molar-refractivity contribution in [1.29, 1.82) is 0 Å². The number of piperidine rings is 1. The maximum atomic E-state index is 12.9. The van der Waals surface area contributed by atoms with E-state index in [1.807, 2.05) is 36.6 Å². The van der Waals surface area contributed by atoms with E-state index in [4.69, 9.17) is 12.2 Å². The summed E-state index contributed by atoms with van der Waals surface area (Å²) in [5.41, 5.74) is 8.41. The molecule has 2 amide bonds. The lowest BCUT2D eigenvalue weighted by Crippen LogP contribution is -2.36. The fraction of sp³-hybridized carbons (Fsp3) is 0.196. The maximum absolute atomic E-state index is 12.9. The van der Waals surface area contributed by atoms with Crippen LogP contribution in [-0.2, 0) is 15.6 Å². The minimum atomic E-state index is -0.264. The average molecular weight is 877 g/mol. The SMILES string of the molecule is C#CC#CC#CC#CC#CC#CC#CC#CC#CC#CC#CC.Cc1csc(C(=O)NCc2ccc3c(N)nccc3c2)c1NC(=O)C1CCN(C)CC1.NN=NN=[N+]([O-])OS.[HH].[HH].[HH].[HH].[HH].[HH].[HH].[HH].[HH].[HH].[HH]. The molecule has 0 radical (unpaired) electrons. The predicted octanol–water partition coefficient (Wildman–Crippen LogP) is 6.74. The van der Waals surface area contributed by atoms with Crippen LogP contribution in [-0.4, -0.2) is 46.9 Å². The summed E-state index contributed by atoms with van der Waals surface area (Å²) in [7, 11) is 2.07. The molecule has 326 valence electrons. The van der Waals surface area contributed by atoms with Crippen LogP contribution in [0.1, 0.15) is 56.3 Å². The van der Waals surface area contributed by atoms with Gasteiger partial charge in [0.2, 0.25) is 16.4 Å². The van der Waals surface area contributed by atoms with Crippen LogP contribution in [0.25, 0.3) is 10.8 Å². The highest BCUT2D eigenvalue weighted by Crippen LogP contribution is 2.29. The van der Waals surface area contributed by atoms with E-state index < -0.39 is 0 Å².